The molecule has 0 saturated heterocycles. The summed E-state index contributed by atoms with van der Waals surface area (Å²) in [6, 6.07) is 26.2. The van der Waals surface area contributed by atoms with Gasteiger partial charge in [0, 0.05) is 18.5 Å². The van der Waals surface area contributed by atoms with Gasteiger partial charge in [-0.05, 0) is 95.1 Å². The van der Waals surface area contributed by atoms with Gasteiger partial charge < -0.3 is 10.4 Å². The van der Waals surface area contributed by atoms with Crippen molar-refractivity contribution in [2.75, 3.05) is 5.32 Å². The van der Waals surface area contributed by atoms with E-state index in [0.29, 0.717) is 27.7 Å². The summed E-state index contributed by atoms with van der Waals surface area (Å²) in [4.78, 5) is 25.1. The Hall–Kier alpha value is -4.49. The van der Waals surface area contributed by atoms with E-state index in [9.17, 15) is 23.5 Å². The van der Waals surface area contributed by atoms with Crippen LogP contribution in [0.1, 0.15) is 63.4 Å². The number of carbonyl (C=O) groups is 2. The van der Waals surface area contributed by atoms with Crippen LogP contribution < -0.4 is 10.5 Å². The molecule has 2 N–H and O–H groups in total. The number of rotatable bonds is 9. The first-order valence-electron chi connectivity index (χ1n) is 14.6. The predicted molar refractivity (Wildman–Crippen MR) is 176 cm³/mol. The second kappa shape index (κ2) is 13.0. The van der Waals surface area contributed by atoms with Crippen LogP contribution in [0.25, 0.3) is 16.7 Å². The molecule has 5 rings (SSSR count). The van der Waals surface area contributed by atoms with Crippen LogP contribution in [-0.4, -0.2) is 38.2 Å². The number of amides is 1. The number of allylic oxidation sites excluding steroid dienone is 2. The lowest BCUT2D eigenvalue weighted by Gasteiger charge is -2.22. The largest absolute Gasteiger partial charge is 0.478 e. The Bertz CT molecular complexity index is 1730. The summed E-state index contributed by atoms with van der Waals surface area (Å²) in [5.74, 6) is -4.43. The number of aromatic carboxylic acids is 1. The smallest absolute Gasteiger partial charge is 0.335 e. The van der Waals surface area contributed by atoms with Gasteiger partial charge in [-0.15, -0.1) is 6.17 Å². The second-order valence-electron chi connectivity index (χ2n) is 11.4. The van der Waals surface area contributed by atoms with Crippen molar-refractivity contribution in [3.8, 4) is 11.1 Å². The van der Waals surface area contributed by atoms with Crippen molar-refractivity contribution in [3.05, 3.63) is 124 Å². The van der Waals surface area contributed by atoms with Crippen molar-refractivity contribution in [1.29, 1.82) is 0 Å². The SMILES string of the molecule is C=[Si]c1cc(C)cc(C)c1-c1ccc(NC(=O)[C@H](Cc2ccc(C(=O)O)cc2)c2ccc(C3=CCC(F)(F)CC3)cc2)cc1. The van der Waals surface area contributed by atoms with E-state index in [1.807, 2.05) is 48.5 Å². The van der Waals surface area contributed by atoms with Gasteiger partial charge in [-0.2, -0.15) is 0 Å². The first-order valence-corrected chi connectivity index (χ1v) is 15.8. The van der Waals surface area contributed by atoms with Crippen LogP contribution >= 0.6 is 0 Å². The van der Waals surface area contributed by atoms with Crippen LogP contribution in [0.2, 0.25) is 0 Å². The topological polar surface area (TPSA) is 66.4 Å². The number of halogens is 2. The Morgan fingerprint density at radius 1 is 0.955 bits per heavy atom. The molecule has 0 fully saturated rings. The van der Waals surface area contributed by atoms with Gasteiger partial charge in [0.25, 0.3) is 5.92 Å². The molecule has 4 aromatic carbocycles. The highest BCUT2D eigenvalue weighted by Crippen LogP contribution is 2.37. The molecule has 1 aliphatic carbocycles. The fourth-order valence-corrected chi connectivity index (χ4v) is 6.65. The molecule has 44 heavy (non-hydrogen) atoms. The third kappa shape index (κ3) is 7.17. The summed E-state index contributed by atoms with van der Waals surface area (Å²) < 4.78 is 27.3. The third-order valence-electron chi connectivity index (χ3n) is 8.16. The Balaban J connectivity index is 1.40. The number of anilines is 1. The molecule has 0 spiro atoms. The maximum Gasteiger partial charge on any atom is 0.335 e. The molecule has 223 valence electrons. The Morgan fingerprint density at radius 3 is 2.20 bits per heavy atom. The van der Waals surface area contributed by atoms with E-state index < -0.39 is 17.8 Å². The number of alkyl halides is 2. The van der Waals surface area contributed by atoms with Gasteiger partial charge >= 0.3 is 5.97 Å². The van der Waals surface area contributed by atoms with Gasteiger partial charge in [0.2, 0.25) is 5.91 Å². The molecule has 4 aromatic rings. The van der Waals surface area contributed by atoms with Crippen LogP contribution in [0, 0.1) is 13.8 Å². The zero-order valence-electron chi connectivity index (χ0n) is 24.8. The summed E-state index contributed by atoms with van der Waals surface area (Å²) in [6.07, 6.45) is 5.96. The predicted octanol–water partition coefficient (Wildman–Crippen LogP) is 7.60. The molecule has 7 heteroatoms. The molecule has 0 unspecified atom stereocenters. The molecule has 1 atom stereocenters. The van der Waals surface area contributed by atoms with E-state index in [4.69, 9.17) is 0 Å². The van der Waals surface area contributed by atoms with Crippen LogP contribution in [0.15, 0.2) is 91.0 Å². The summed E-state index contributed by atoms with van der Waals surface area (Å²) in [7, 11) is 0.413. The van der Waals surface area contributed by atoms with Crippen molar-refractivity contribution in [2.45, 2.75) is 51.4 Å². The van der Waals surface area contributed by atoms with Crippen LogP contribution in [0.3, 0.4) is 0 Å². The van der Waals surface area contributed by atoms with E-state index in [1.165, 1.54) is 34.0 Å². The second-order valence-corrected chi connectivity index (χ2v) is 12.3. The lowest BCUT2D eigenvalue weighted by Crippen LogP contribution is -2.23. The van der Waals surface area contributed by atoms with Crippen LogP contribution in [-0.2, 0) is 11.2 Å². The van der Waals surface area contributed by atoms with Crippen molar-refractivity contribution in [3.63, 3.8) is 0 Å². The van der Waals surface area contributed by atoms with E-state index in [-0.39, 0.29) is 24.3 Å². The Labute approximate surface area is 258 Å². The average Bonchev–Trinajstić information content (AvgIpc) is 3.00. The standard InChI is InChI=1S/C37H34F2NO3Si/c1-23-20-24(2)34(33(21-23)44-3)29-12-14-31(15-13-29)40-35(41)32(22-25-4-6-30(7-5-25)36(42)43)28-10-8-26(9-11-28)27-16-18-37(38,39)19-17-27/h4-16,20-21,32H,3,17-19,22H2,1-2H3,(H,40,41)(H,42,43)/t32-/m1/s1. The minimum atomic E-state index is -2.66. The summed E-state index contributed by atoms with van der Waals surface area (Å²) in [5, 5.41) is 13.6. The third-order valence-corrected chi connectivity index (χ3v) is 8.93. The van der Waals surface area contributed by atoms with Crippen LogP contribution in [0.5, 0.6) is 0 Å². The van der Waals surface area contributed by atoms with E-state index in [2.05, 4.69) is 37.5 Å². The highest BCUT2D eigenvalue weighted by atomic mass is 28.2. The Morgan fingerprint density at radius 2 is 1.61 bits per heavy atom. The monoisotopic (exact) mass is 606 g/mol. The number of hydrogen-bond donors (Lipinski definition) is 2. The zero-order valence-corrected chi connectivity index (χ0v) is 25.8. The number of nitrogens with one attached hydrogen (secondary N) is 1. The molecule has 0 heterocycles. The number of benzene rings is 4. The minimum absolute atomic E-state index is 0.169. The fourth-order valence-electron chi connectivity index (χ4n) is 5.81. The molecule has 1 radical (unpaired) electrons. The maximum absolute atomic E-state index is 13.8. The van der Waals surface area contributed by atoms with Gasteiger partial charge in [-0.1, -0.05) is 72.3 Å². The van der Waals surface area contributed by atoms with Gasteiger partial charge in [-0.25, -0.2) is 13.6 Å². The summed E-state index contributed by atoms with van der Waals surface area (Å²) >= 11 is 0. The molecule has 1 amide bonds. The average molecular weight is 607 g/mol. The first-order chi connectivity index (χ1) is 21.0. The minimum Gasteiger partial charge on any atom is -0.478 e. The summed E-state index contributed by atoms with van der Waals surface area (Å²) in [5.41, 5.74) is 8.82. The Kier molecular flexibility index (Phi) is 9.16. The summed E-state index contributed by atoms with van der Waals surface area (Å²) in [6.45, 7) is 4.18. The maximum atomic E-state index is 13.8. The molecular formula is C37H34F2NO3Si. The molecule has 1 aliphatic rings. The quantitative estimate of drug-likeness (QED) is 0.193. The van der Waals surface area contributed by atoms with Crippen molar-refractivity contribution in [2.24, 2.45) is 0 Å². The number of carbonyl (C=O) groups excluding carboxylic acids is 1. The van der Waals surface area contributed by atoms with Crippen molar-refractivity contribution in [1.82, 2.24) is 0 Å². The van der Waals surface area contributed by atoms with E-state index in [1.54, 1.807) is 18.2 Å². The highest BCUT2D eigenvalue weighted by Gasteiger charge is 2.31. The van der Waals surface area contributed by atoms with E-state index in [0.717, 1.165) is 27.8 Å². The highest BCUT2D eigenvalue weighted by molar-refractivity contribution is 6.58. The number of carboxylic acids is 1. The molecule has 0 bridgehead atoms. The van der Waals surface area contributed by atoms with Crippen molar-refractivity contribution >= 4 is 43.6 Å². The van der Waals surface area contributed by atoms with Crippen LogP contribution in [0.4, 0.5) is 14.5 Å². The lowest BCUT2D eigenvalue weighted by atomic mass is 9.87. The first kappa shape index (κ1) is 30.9. The van der Waals surface area contributed by atoms with E-state index >= 15 is 0 Å². The van der Waals surface area contributed by atoms with Crippen molar-refractivity contribution < 1.29 is 23.5 Å². The zero-order chi connectivity index (χ0) is 31.4. The molecule has 0 aromatic heterocycles. The molecular weight excluding hydrogens is 572 g/mol. The van der Waals surface area contributed by atoms with Gasteiger partial charge in [0.05, 0.1) is 20.6 Å². The fraction of sp³-hybridized carbons (Fsp3) is 0.216. The number of aryl methyl sites for hydroxylation is 2. The normalized spacial score (nSPS) is 14.8. The van der Waals surface area contributed by atoms with Gasteiger partial charge in [-0.3, -0.25) is 4.79 Å². The van der Waals surface area contributed by atoms with Gasteiger partial charge in [0.15, 0.2) is 0 Å². The molecule has 0 saturated carbocycles. The lowest BCUT2D eigenvalue weighted by molar-refractivity contribution is -0.117. The number of hydrogen-bond acceptors (Lipinski definition) is 2. The molecule has 0 aliphatic heterocycles. The number of carboxylic acid groups (broad SMARTS) is 1. The van der Waals surface area contributed by atoms with Gasteiger partial charge in [0.1, 0.15) is 0 Å². The molecule has 4 nitrogen and oxygen atoms in total.